The molecule has 2 aliphatic rings. The third-order valence-electron chi connectivity index (χ3n) is 4.67. The lowest BCUT2D eigenvalue weighted by atomic mass is 9.99. The van der Waals surface area contributed by atoms with Crippen LogP contribution in [0, 0.1) is 0 Å². The zero-order valence-corrected chi connectivity index (χ0v) is 12.9. The maximum Gasteiger partial charge on any atom is 0.231 e. The molecule has 2 heterocycles. The van der Waals surface area contributed by atoms with Gasteiger partial charge in [-0.15, -0.1) is 0 Å². The lowest BCUT2D eigenvalue weighted by Crippen LogP contribution is -2.47. The fraction of sp³-hybridized carbons (Fsp3) is 0.625. The highest BCUT2D eigenvalue weighted by Crippen LogP contribution is 2.35. The van der Waals surface area contributed by atoms with Crippen LogP contribution in [0.1, 0.15) is 24.4 Å². The number of fused-ring (bicyclic) bond motifs is 1. The zero-order valence-electron chi connectivity index (χ0n) is 12.9. The van der Waals surface area contributed by atoms with E-state index in [9.17, 15) is 0 Å². The van der Waals surface area contributed by atoms with E-state index >= 15 is 0 Å². The normalized spacial score (nSPS) is 23.5. The molecule has 0 radical (unpaired) electrons. The van der Waals surface area contributed by atoms with Crippen LogP contribution in [0.15, 0.2) is 18.2 Å². The van der Waals surface area contributed by atoms with E-state index in [1.165, 1.54) is 24.9 Å². The smallest absolute Gasteiger partial charge is 0.231 e. The summed E-state index contributed by atoms with van der Waals surface area (Å²) < 4.78 is 10.9. The van der Waals surface area contributed by atoms with Crippen molar-refractivity contribution in [2.75, 3.05) is 40.5 Å². The summed E-state index contributed by atoms with van der Waals surface area (Å²) in [6.07, 6.45) is 2.49. The molecule has 2 unspecified atom stereocenters. The van der Waals surface area contributed by atoms with Crippen molar-refractivity contribution in [2.24, 2.45) is 5.73 Å². The van der Waals surface area contributed by atoms with E-state index in [0.717, 1.165) is 18.0 Å². The SMILES string of the molecule is CN1CCCC(N(C)C(CN)c2ccc3c(c2)OCO3)C1. The average Bonchev–Trinajstić information content (AvgIpc) is 2.95. The van der Waals surface area contributed by atoms with Gasteiger partial charge in [0, 0.05) is 25.2 Å². The van der Waals surface area contributed by atoms with Crippen LogP contribution in [0.5, 0.6) is 11.5 Å². The second kappa shape index (κ2) is 6.22. The summed E-state index contributed by atoms with van der Waals surface area (Å²) in [7, 11) is 4.38. The van der Waals surface area contributed by atoms with E-state index in [4.69, 9.17) is 15.2 Å². The van der Waals surface area contributed by atoms with Gasteiger partial charge in [0.1, 0.15) is 0 Å². The summed E-state index contributed by atoms with van der Waals surface area (Å²) in [5, 5.41) is 0. The van der Waals surface area contributed by atoms with Gasteiger partial charge >= 0.3 is 0 Å². The van der Waals surface area contributed by atoms with Crippen molar-refractivity contribution in [3.63, 3.8) is 0 Å². The Kier molecular flexibility index (Phi) is 4.33. The van der Waals surface area contributed by atoms with Gasteiger partial charge in [0.25, 0.3) is 0 Å². The Bertz CT molecular complexity index is 494. The van der Waals surface area contributed by atoms with Crippen molar-refractivity contribution in [3.8, 4) is 11.5 Å². The summed E-state index contributed by atoms with van der Waals surface area (Å²) in [4.78, 5) is 4.82. The molecular formula is C16H25N3O2. The molecule has 1 fully saturated rings. The molecule has 21 heavy (non-hydrogen) atoms. The monoisotopic (exact) mass is 291 g/mol. The Hall–Kier alpha value is -1.30. The number of likely N-dealkylation sites (N-methyl/N-ethyl adjacent to an activating group) is 2. The standard InChI is InChI=1S/C16H25N3O2/c1-18-7-3-4-13(10-18)19(2)14(9-17)12-5-6-15-16(8-12)21-11-20-15/h5-6,8,13-14H,3-4,7,9-11,17H2,1-2H3. The minimum Gasteiger partial charge on any atom is -0.454 e. The molecular weight excluding hydrogens is 266 g/mol. The number of likely N-dealkylation sites (tertiary alicyclic amines) is 1. The summed E-state index contributed by atoms with van der Waals surface area (Å²) >= 11 is 0. The van der Waals surface area contributed by atoms with E-state index in [0.29, 0.717) is 19.4 Å². The molecule has 1 saturated heterocycles. The Morgan fingerprint density at radius 3 is 2.95 bits per heavy atom. The van der Waals surface area contributed by atoms with Gasteiger partial charge < -0.3 is 20.1 Å². The first-order valence-electron chi connectivity index (χ1n) is 7.69. The summed E-state index contributed by atoms with van der Waals surface area (Å²) in [6.45, 7) is 3.23. The summed E-state index contributed by atoms with van der Waals surface area (Å²) in [5.74, 6) is 1.66. The van der Waals surface area contributed by atoms with Crippen molar-refractivity contribution < 1.29 is 9.47 Å². The molecule has 1 aromatic rings. The molecule has 2 atom stereocenters. The first-order chi connectivity index (χ1) is 10.2. The summed E-state index contributed by atoms with van der Waals surface area (Å²) in [5.41, 5.74) is 7.27. The Morgan fingerprint density at radius 2 is 2.19 bits per heavy atom. The fourth-order valence-electron chi connectivity index (χ4n) is 3.38. The number of piperidine rings is 1. The van der Waals surface area contributed by atoms with Crippen molar-refractivity contribution >= 4 is 0 Å². The van der Waals surface area contributed by atoms with Crippen LogP contribution < -0.4 is 15.2 Å². The van der Waals surface area contributed by atoms with Gasteiger partial charge in [0.05, 0.1) is 0 Å². The van der Waals surface area contributed by atoms with Crippen LogP contribution in [0.4, 0.5) is 0 Å². The third-order valence-corrected chi connectivity index (χ3v) is 4.67. The number of nitrogens with two attached hydrogens (primary N) is 1. The van der Waals surface area contributed by atoms with Gasteiger partial charge in [-0.05, 0) is 51.2 Å². The number of rotatable bonds is 4. The van der Waals surface area contributed by atoms with E-state index < -0.39 is 0 Å². The summed E-state index contributed by atoms with van der Waals surface area (Å²) in [6, 6.07) is 6.94. The molecule has 2 aliphatic heterocycles. The number of ether oxygens (including phenoxy) is 2. The first-order valence-corrected chi connectivity index (χ1v) is 7.69. The Morgan fingerprint density at radius 1 is 1.38 bits per heavy atom. The maximum absolute atomic E-state index is 6.06. The first kappa shape index (κ1) is 14.6. The van der Waals surface area contributed by atoms with Gasteiger partial charge in [-0.1, -0.05) is 6.07 Å². The molecule has 0 saturated carbocycles. The molecule has 0 amide bonds. The van der Waals surface area contributed by atoms with Crippen LogP contribution in [0.25, 0.3) is 0 Å². The van der Waals surface area contributed by atoms with E-state index in [1.807, 2.05) is 6.07 Å². The van der Waals surface area contributed by atoms with Crippen LogP contribution >= 0.6 is 0 Å². The fourth-order valence-corrected chi connectivity index (χ4v) is 3.38. The quantitative estimate of drug-likeness (QED) is 0.910. The van der Waals surface area contributed by atoms with Gasteiger partial charge in [0.2, 0.25) is 6.79 Å². The minimum absolute atomic E-state index is 0.219. The topological polar surface area (TPSA) is 51.0 Å². The average molecular weight is 291 g/mol. The second-order valence-electron chi connectivity index (χ2n) is 6.09. The van der Waals surface area contributed by atoms with E-state index in [1.54, 1.807) is 0 Å². The number of hydrogen-bond donors (Lipinski definition) is 1. The van der Waals surface area contributed by atoms with Crippen molar-refractivity contribution in [1.82, 2.24) is 9.80 Å². The molecule has 1 aromatic carbocycles. The molecule has 5 heteroatoms. The second-order valence-corrected chi connectivity index (χ2v) is 6.09. The molecule has 2 N–H and O–H groups in total. The van der Waals surface area contributed by atoms with Crippen molar-refractivity contribution in [2.45, 2.75) is 24.9 Å². The van der Waals surface area contributed by atoms with E-state index in [2.05, 4.69) is 36.0 Å². The molecule has 0 aromatic heterocycles. The third kappa shape index (κ3) is 3.00. The minimum atomic E-state index is 0.219. The lowest BCUT2D eigenvalue weighted by Gasteiger charge is -2.40. The van der Waals surface area contributed by atoms with E-state index in [-0.39, 0.29) is 6.04 Å². The van der Waals surface area contributed by atoms with Gasteiger partial charge in [-0.25, -0.2) is 0 Å². The predicted octanol–water partition coefficient (Wildman–Crippen LogP) is 1.44. The van der Waals surface area contributed by atoms with Gasteiger partial charge in [0.15, 0.2) is 11.5 Å². The van der Waals surface area contributed by atoms with Crippen molar-refractivity contribution in [3.05, 3.63) is 23.8 Å². The molecule has 3 rings (SSSR count). The predicted molar refractivity (Wildman–Crippen MR) is 82.6 cm³/mol. The van der Waals surface area contributed by atoms with Crippen LogP contribution in [0.3, 0.4) is 0 Å². The van der Waals surface area contributed by atoms with Crippen LogP contribution in [-0.4, -0.2) is 56.4 Å². The number of hydrogen-bond acceptors (Lipinski definition) is 5. The molecule has 0 bridgehead atoms. The van der Waals surface area contributed by atoms with Crippen LogP contribution in [0.2, 0.25) is 0 Å². The Balaban J connectivity index is 1.77. The molecule has 5 nitrogen and oxygen atoms in total. The molecule has 0 spiro atoms. The largest absolute Gasteiger partial charge is 0.454 e. The Labute approximate surface area is 126 Å². The zero-order chi connectivity index (χ0) is 14.8. The molecule has 116 valence electrons. The highest BCUT2D eigenvalue weighted by molar-refractivity contribution is 5.45. The molecule has 0 aliphatic carbocycles. The van der Waals surface area contributed by atoms with Gasteiger partial charge in [-0.3, -0.25) is 4.90 Å². The van der Waals surface area contributed by atoms with Crippen LogP contribution in [-0.2, 0) is 0 Å². The van der Waals surface area contributed by atoms with Crippen molar-refractivity contribution in [1.29, 1.82) is 0 Å². The highest BCUT2D eigenvalue weighted by Gasteiger charge is 2.27. The lowest BCUT2D eigenvalue weighted by molar-refractivity contribution is 0.101. The maximum atomic E-state index is 6.06. The highest BCUT2D eigenvalue weighted by atomic mass is 16.7. The number of benzene rings is 1. The van der Waals surface area contributed by atoms with Gasteiger partial charge in [-0.2, -0.15) is 0 Å². The number of nitrogens with zero attached hydrogens (tertiary/aromatic N) is 2.